The fourth-order valence-electron chi connectivity index (χ4n) is 9.82. The van der Waals surface area contributed by atoms with E-state index in [0.717, 1.165) is 83.9 Å². The highest BCUT2D eigenvalue weighted by molar-refractivity contribution is 7.22. The second-order valence-corrected chi connectivity index (χ2v) is 19.7. The lowest BCUT2D eigenvalue weighted by Crippen LogP contribution is -2.14. The molecule has 4 nitrogen and oxygen atoms in total. The van der Waals surface area contributed by atoms with Gasteiger partial charge in [0, 0.05) is 71.0 Å². The molecular formula is C61H48N4S2. The Labute approximate surface area is 400 Å². The average Bonchev–Trinajstić information content (AvgIpc) is 3.98. The van der Waals surface area contributed by atoms with Crippen LogP contribution in [0.2, 0.25) is 0 Å². The van der Waals surface area contributed by atoms with Crippen molar-refractivity contribution >= 4 is 59.9 Å². The number of thiophene rings is 2. The number of aromatic nitrogens is 3. The van der Waals surface area contributed by atoms with Gasteiger partial charge in [0.15, 0.2) is 0 Å². The van der Waals surface area contributed by atoms with Gasteiger partial charge < -0.3 is 4.90 Å². The van der Waals surface area contributed by atoms with Crippen molar-refractivity contribution in [2.24, 2.45) is 0 Å². The molecule has 0 fully saturated rings. The molecule has 0 aliphatic carbocycles. The number of fused-ring (bicyclic) bond motifs is 2. The molecule has 0 amide bonds. The highest BCUT2D eigenvalue weighted by Gasteiger charge is 2.24. The number of pyridine rings is 3. The van der Waals surface area contributed by atoms with Crippen LogP contribution < -0.4 is 4.90 Å². The van der Waals surface area contributed by atoms with Gasteiger partial charge in [-0.2, -0.15) is 0 Å². The Balaban J connectivity index is 1.17. The van der Waals surface area contributed by atoms with Crippen molar-refractivity contribution in [1.29, 1.82) is 0 Å². The minimum Gasteiger partial charge on any atom is -0.308 e. The normalized spacial score (nSPS) is 11.4. The number of anilines is 3. The fourth-order valence-corrected chi connectivity index (χ4v) is 12.3. The highest BCUT2D eigenvalue weighted by Crippen LogP contribution is 2.47. The Morgan fingerprint density at radius 1 is 0.358 bits per heavy atom. The van der Waals surface area contributed by atoms with Crippen LogP contribution in [0.3, 0.4) is 0 Å². The van der Waals surface area contributed by atoms with Crippen LogP contribution >= 0.6 is 22.7 Å². The van der Waals surface area contributed by atoms with Gasteiger partial charge in [-0.25, -0.2) is 0 Å². The zero-order chi connectivity index (χ0) is 45.8. The van der Waals surface area contributed by atoms with E-state index < -0.39 is 0 Å². The Kier molecular flexibility index (Phi) is 10.9. The molecule has 0 aliphatic heterocycles. The quantitative estimate of drug-likeness (QED) is 0.145. The van der Waals surface area contributed by atoms with Gasteiger partial charge in [0.25, 0.3) is 0 Å². The Bertz CT molecular complexity index is 3380. The third-order valence-electron chi connectivity index (χ3n) is 13.0. The van der Waals surface area contributed by atoms with Crippen molar-refractivity contribution in [2.45, 2.75) is 41.5 Å². The molecule has 6 heteroatoms. The van der Waals surface area contributed by atoms with Crippen molar-refractivity contribution in [2.75, 3.05) is 4.90 Å². The third kappa shape index (κ3) is 7.82. The maximum atomic E-state index is 5.18. The summed E-state index contributed by atoms with van der Waals surface area (Å²) in [6, 6.07) is 59.5. The minimum atomic E-state index is 0.936. The van der Waals surface area contributed by atoms with Gasteiger partial charge in [0.1, 0.15) is 0 Å². The molecular weight excluding hydrogens is 853 g/mol. The van der Waals surface area contributed by atoms with Gasteiger partial charge in [-0.05, 0) is 169 Å². The Morgan fingerprint density at radius 2 is 0.776 bits per heavy atom. The molecule has 0 aliphatic rings. The molecule has 0 bridgehead atoms. The van der Waals surface area contributed by atoms with Gasteiger partial charge in [0.05, 0.1) is 22.8 Å². The van der Waals surface area contributed by atoms with Crippen LogP contribution in [0.4, 0.5) is 17.1 Å². The summed E-state index contributed by atoms with van der Waals surface area (Å²) in [6.07, 6.45) is 5.84. The van der Waals surface area contributed by atoms with E-state index >= 15 is 0 Å². The summed E-state index contributed by atoms with van der Waals surface area (Å²) in [5.41, 5.74) is 21.3. The van der Waals surface area contributed by atoms with E-state index in [1.54, 1.807) is 0 Å². The predicted octanol–water partition coefficient (Wildman–Crippen LogP) is 17.6. The van der Waals surface area contributed by atoms with E-state index in [9.17, 15) is 0 Å². The molecule has 5 heterocycles. The summed E-state index contributed by atoms with van der Waals surface area (Å²) in [5.74, 6) is 0. The van der Waals surface area contributed by atoms with Crippen molar-refractivity contribution in [1.82, 2.24) is 15.0 Å². The monoisotopic (exact) mass is 900 g/mol. The number of hydrogen-bond acceptors (Lipinski definition) is 6. The second-order valence-electron chi connectivity index (χ2n) is 17.6. The standard InChI is InChI=1S/C61H48N4S2/c1-37-15-13-16-38(2)57(37)55-35-51-53(66-55)24-27-63-59(51)47-29-45(43-19-9-7-10-20-43)31-49(33-47)65(61-41(5)23-26-62-42(61)6)50-32-46(44-21-11-8-12-22-44)30-48(34-50)60-52-36-56(67-54(52)25-28-64-60)58-39(3)17-14-18-40(58)4/h7-36H,1-6H3. The van der Waals surface area contributed by atoms with Crippen LogP contribution in [0.1, 0.15) is 33.5 Å². The first-order chi connectivity index (χ1) is 32.7. The van der Waals surface area contributed by atoms with Crippen molar-refractivity contribution in [3.63, 3.8) is 0 Å². The van der Waals surface area contributed by atoms with E-state index in [4.69, 9.17) is 15.0 Å². The summed E-state index contributed by atoms with van der Waals surface area (Å²) < 4.78 is 2.42. The minimum absolute atomic E-state index is 0.936. The van der Waals surface area contributed by atoms with Crippen LogP contribution in [0.15, 0.2) is 182 Å². The van der Waals surface area contributed by atoms with Gasteiger partial charge in [-0.1, -0.05) is 97.1 Å². The van der Waals surface area contributed by atoms with Crippen molar-refractivity contribution < 1.29 is 0 Å². The maximum absolute atomic E-state index is 5.18. The van der Waals surface area contributed by atoms with Gasteiger partial charge in [-0.15, -0.1) is 22.7 Å². The average molecular weight is 901 g/mol. The topological polar surface area (TPSA) is 41.9 Å². The molecule has 0 N–H and O–H groups in total. The first kappa shape index (κ1) is 42.1. The van der Waals surface area contributed by atoms with Gasteiger partial charge in [0.2, 0.25) is 0 Å². The zero-order valence-electron chi connectivity index (χ0n) is 38.4. The van der Waals surface area contributed by atoms with Gasteiger partial charge >= 0.3 is 0 Å². The molecule has 0 spiro atoms. The van der Waals surface area contributed by atoms with E-state index in [0.29, 0.717) is 0 Å². The fraction of sp³-hybridized carbons (Fsp3) is 0.0984. The second kappa shape index (κ2) is 17.4. The summed E-state index contributed by atoms with van der Waals surface area (Å²) in [7, 11) is 0. The summed E-state index contributed by atoms with van der Waals surface area (Å²) in [4.78, 5) is 20.2. The van der Waals surface area contributed by atoms with E-state index in [2.05, 4.69) is 210 Å². The molecule has 0 unspecified atom stereocenters. The largest absolute Gasteiger partial charge is 0.308 e. The Hall–Kier alpha value is -7.51. The number of nitrogens with zero attached hydrogens (tertiary/aromatic N) is 4. The first-order valence-corrected chi connectivity index (χ1v) is 24.4. The molecule has 324 valence electrons. The lowest BCUT2D eigenvalue weighted by molar-refractivity contribution is 1.12. The molecule has 6 aromatic carbocycles. The van der Waals surface area contributed by atoms with Crippen LogP contribution in [-0.2, 0) is 0 Å². The maximum Gasteiger partial charge on any atom is 0.0789 e. The van der Waals surface area contributed by atoms with Crippen molar-refractivity contribution in [3.8, 4) is 65.6 Å². The van der Waals surface area contributed by atoms with Crippen LogP contribution in [0.25, 0.3) is 85.8 Å². The summed E-state index contributed by atoms with van der Waals surface area (Å²) >= 11 is 3.67. The molecule has 0 atom stereocenters. The molecule has 5 aromatic heterocycles. The zero-order valence-corrected chi connectivity index (χ0v) is 40.1. The van der Waals surface area contributed by atoms with Crippen molar-refractivity contribution in [3.05, 3.63) is 216 Å². The molecule has 11 rings (SSSR count). The summed E-state index contributed by atoms with van der Waals surface area (Å²) in [6.45, 7) is 13.1. The van der Waals surface area contributed by atoms with Crippen LogP contribution in [0.5, 0.6) is 0 Å². The highest BCUT2D eigenvalue weighted by atomic mass is 32.1. The van der Waals surface area contributed by atoms with Crippen LogP contribution in [0, 0.1) is 41.5 Å². The lowest BCUT2D eigenvalue weighted by Gasteiger charge is -2.30. The number of aryl methyl sites for hydroxylation is 6. The number of benzene rings is 6. The van der Waals surface area contributed by atoms with E-state index in [-0.39, 0.29) is 0 Å². The summed E-state index contributed by atoms with van der Waals surface area (Å²) in [5, 5.41) is 2.29. The number of hydrogen-bond donors (Lipinski definition) is 0. The predicted molar refractivity (Wildman–Crippen MR) is 286 cm³/mol. The van der Waals surface area contributed by atoms with Gasteiger partial charge in [-0.3, -0.25) is 15.0 Å². The van der Waals surface area contributed by atoms with Crippen LogP contribution in [-0.4, -0.2) is 15.0 Å². The SMILES string of the molecule is Cc1cccc(C)c1-c1cc2c(-c3cc(-c4ccccc4)cc(N(c4cc(-c5ccccc5)cc(-c5nccc6sc(-c7c(C)cccc7C)cc56)c4)c4c(C)ccnc4C)c3)nccc2s1. The molecule has 0 saturated carbocycles. The molecule has 11 aromatic rings. The van der Waals surface area contributed by atoms with E-state index in [1.165, 1.54) is 52.5 Å². The molecule has 0 saturated heterocycles. The molecule has 0 radical (unpaired) electrons. The van der Waals surface area contributed by atoms with E-state index in [1.807, 2.05) is 41.3 Å². The third-order valence-corrected chi connectivity index (χ3v) is 15.2. The smallest absolute Gasteiger partial charge is 0.0789 e. The first-order valence-electron chi connectivity index (χ1n) is 22.7. The lowest BCUT2D eigenvalue weighted by atomic mass is 9.95. The number of rotatable bonds is 9. The Morgan fingerprint density at radius 3 is 1.21 bits per heavy atom. The molecule has 67 heavy (non-hydrogen) atoms.